The second kappa shape index (κ2) is 9.47. The number of piperidine rings is 1. The number of aromatic nitrogens is 1. The summed E-state index contributed by atoms with van der Waals surface area (Å²) in [6.07, 6.45) is 1.49. The van der Waals surface area contributed by atoms with Crippen molar-refractivity contribution in [2.75, 3.05) is 20.2 Å². The summed E-state index contributed by atoms with van der Waals surface area (Å²) in [5, 5.41) is 2.98. The summed E-state index contributed by atoms with van der Waals surface area (Å²) < 4.78 is 5.78. The van der Waals surface area contributed by atoms with Gasteiger partial charge in [-0.15, -0.1) is 0 Å². The topological polar surface area (TPSA) is 91.5 Å². The molecule has 1 atom stereocenters. The van der Waals surface area contributed by atoms with Crippen molar-refractivity contribution in [2.24, 2.45) is 5.92 Å². The van der Waals surface area contributed by atoms with E-state index in [4.69, 9.17) is 4.74 Å². The lowest BCUT2D eigenvalue weighted by Crippen LogP contribution is -2.45. The number of methoxy groups -OCH3 is 1. The standard InChI is InChI=1S/C22H26BrN3O4/c1-13-18(22(29)30-3)14(2)25-19(13)21(28)26-9-5-7-16(12-26)20(27)24-11-15-6-4-8-17(23)10-15/h4,6,8,10,16,25H,5,7,9,11-12H2,1-3H3,(H,24,27)/t16-/m1/s1. The third kappa shape index (κ3) is 4.75. The zero-order chi connectivity index (χ0) is 21.8. The lowest BCUT2D eigenvalue weighted by Gasteiger charge is -2.32. The molecule has 30 heavy (non-hydrogen) atoms. The highest BCUT2D eigenvalue weighted by Gasteiger charge is 2.31. The van der Waals surface area contributed by atoms with E-state index < -0.39 is 5.97 Å². The minimum absolute atomic E-state index is 0.0536. The number of H-pyrrole nitrogens is 1. The Bertz CT molecular complexity index is 969. The van der Waals surface area contributed by atoms with Crippen LogP contribution in [-0.4, -0.2) is 47.9 Å². The first-order valence-corrected chi connectivity index (χ1v) is 10.7. The first-order valence-electron chi connectivity index (χ1n) is 9.90. The lowest BCUT2D eigenvalue weighted by molar-refractivity contribution is -0.126. The molecule has 1 aromatic heterocycles. The molecule has 0 spiro atoms. The number of hydrogen-bond donors (Lipinski definition) is 2. The molecule has 2 N–H and O–H groups in total. The summed E-state index contributed by atoms with van der Waals surface area (Å²) in [5.74, 6) is -0.979. The summed E-state index contributed by atoms with van der Waals surface area (Å²) in [7, 11) is 1.32. The van der Waals surface area contributed by atoms with E-state index in [1.54, 1.807) is 18.7 Å². The number of aromatic amines is 1. The van der Waals surface area contributed by atoms with Gasteiger partial charge >= 0.3 is 5.97 Å². The Morgan fingerprint density at radius 2 is 2.07 bits per heavy atom. The predicted molar refractivity (Wildman–Crippen MR) is 116 cm³/mol. The average molecular weight is 476 g/mol. The van der Waals surface area contributed by atoms with Crippen LogP contribution in [-0.2, 0) is 16.1 Å². The first-order chi connectivity index (χ1) is 14.3. The number of aryl methyl sites for hydroxylation is 1. The summed E-state index contributed by atoms with van der Waals surface area (Å²) in [5.41, 5.74) is 2.95. The minimum Gasteiger partial charge on any atom is -0.465 e. The minimum atomic E-state index is -0.469. The van der Waals surface area contributed by atoms with Gasteiger partial charge in [0, 0.05) is 29.8 Å². The number of hydrogen-bond acceptors (Lipinski definition) is 4. The number of carbonyl (C=O) groups is 3. The van der Waals surface area contributed by atoms with Crippen LogP contribution in [0.3, 0.4) is 0 Å². The fourth-order valence-electron chi connectivity index (χ4n) is 3.89. The molecule has 0 bridgehead atoms. The molecule has 1 aliphatic rings. The largest absolute Gasteiger partial charge is 0.465 e. The van der Waals surface area contributed by atoms with E-state index >= 15 is 0 Å². The van der Waals surface area contributed by atoms with Crippen LogP contribution in [0.25, 0.3) is 0 Å². The van der Waals surface area contributed by atoms with Crippen molar-refractivity contribution >= 4 is 33.7 Å². The molecule has 1 saturated heterocycles. The predicted octanol–water partition coefficient (Wildman–Crippen LogP) is 3.35. The number of carbonyl (C=O) groups excluding carboxylic acids is 3. The zero-order valence-corrected chi connectivity index (χ0v) is 19.0. The summed E-state index contributed by atoms with van der Waals surface area (Å²) >= 11 is 3.43. The van der Waals surface area contributed by atoms with E-state index in [1.165, 1.54) is 7.11 Å². The number of nitrogens with one attached hydrogen (secondary N) is 2. The van der Waals surface area contributed by atoms with Gasteiger partial charge in [-0.2, -0.15) is 0 Å². The van der Waals surface area contributed by atoms with Gasteiger partial charge in [-0.1, -0.05) is 28.1 Å². The maximum absolute atomic E-state index is 13.1. The fraction of sp³-hybridized carbons (Fsp3) is 0.409. The van der Waals surface area contributed by atoms with Crippen LogP contribution >= 0.6 is 15.9 Å². The Morgan fingerprint density at radius 1 is 1.30 bits per heavy atom. The molecule has 1 aromatic carbocycles. The molecule has 7 nitrogen and oxygen atoms in total. The number of rotatable bonds is 5. The number of benzene rings is 1. The van der Waals surface area contributed by atoms with Crippen LogP contribution in [0.5, 0.6) is 0 Å². The van der Waals surface area contributed by atoms with Gasteiger partial charge in [0.05, 0.1) is 18.6 Å². The average Bonchev–Trinajstić information content (AvgIpc) is 3.05. The van der Waals surface area contributed by atoms with Gasteiger partial charge in [0.25, 0.3) is 5.91 Å². The molecule has 1 fully saturated rings. The Kier molecular flexibility index (Phi) is 6.97. The Morgan fingerprint density at radius 3 is 2.77 bits per heavy atom. The Balaban J connectivity index is 1.66. The number of nitrogens with zero attached hydrogens (tertiary/aromatic N) is 1. The van der Waals surface area contributed by atoms with Crippen LogP contribution in [0.2, 0.25) is 0 Å². The van der Waals surface area contributed by atoms with Gasteiger partial charge in [0.15, 0.2) is 0 Å². The van der Waals surface area contributed by atoms with Gasteiger partial charge < -0.3 is 19.9 Å². The normalized spacial score (nSPS) is 16.3. The lowest BCUT2D eigenvalue weighted by atomic mass is 9.96. The molecular formula is C22H26BrN3O4. The van der Waals surface area contributed by atoms with Crippen molar-refractivity contribution in [3.05, 3.63) is 56.8 Å². The van der Waals surface area contributed by atoms with E-state index in [0.29, 0.717) is 42.1 Å². The van der Waals surface area contributed by atoms with Gasteiger partial charge in [0.1, 0.15) is 5.69 Å². The third-order valence-corrected chi connectivity index (χ3v) is 5.97. The van der Waals surface area contributed by atoms with Crippen molar-refractivity contribution in [1.29, 1.82) is 0 Å². The molecule has 0 unspecified atom stereocenters. The monoisotopic (exact) mass is 475 g/mol. The molecule has 8 heteroatoms. The number of amides is 2. The highest BCUT2D eigenvalue weighted by Crippen LogP contribution is 2.24. The Hall–Kier alpha value is -2.61. The highest BCUT2D eigenvalue weighted by atomic mass is 79.9. The van der Waals surface area contributed by atoms with Crippen LogP contribution < -0.4 is 5.32 Å². The van der Waals surface area contributed by atoms with E-state index in [9.17, 15) is 14.4 Å². The third-order valence-electron chi connectivity index (χ3n) is 5.48. The van der Waals surface area contributed by atoms with E-state index in [1.807, 2.05) is 24.3 Å². The van der Waals surface area contributed by atoms with Gasteiger partial charge in [-0.25, -0.2) is 4.79 Å². The number of likely N-dealkylation sites (tertiary alicyclic amines) is 1. The molecule has 0 radical (unpaired) electrons. The van der Waals surface area contributed by atoms with Crippen LogP contribution in [0.4, 0.5) is 0 Å². The summed E-state index contributed by atoms with van der Waals surface area (Å²) in [6, 6.07) is 7.78. The summed E-state index contributed by atoms with van der Waals surface area (Å²) in [4.78, 5) is 42.5. The quantitative estimate of drug-likeness (QED) is 0.648. The molecule has 160 valence electrons. The molecule has 0 aliphatic carbocycles. The van der Waals surface area contributed by atoms with Gasteiger partial charge in [-0.3, -0.25) is 9.59 Å². The zero-order valence-electron chi connectivity index (χ0n) is 17.4. The highest BCUT2D eigenvalue weighted by molar-refractivity contribution is 9.10. The molecule has 1 aliphatic heterocycles. The molecule has 2 aromatic rings. The van der Waals surface area contributed by atoms with E-state index in [2.05, 4.69) is 26.2 Å². The van der Waals surface area contributed by atoms with Crippen molar-refractivity contribution in [3.8, 4) is 0 Å². The molecule has 2 amide bonds. The smallest absolute Gasteiger partial charge is 0.339 e. The second-order valence-corrected chi connectivity index (χ2v) is 8.47. The SMILES string of the molecule is COC(=O)c1c(C)[nH]c(C(=O)N2CCC[C@@H](C(=O)NCc3cccc(Br)c3)C2)c1C. The molecule has 2 heterocycles. The van der Waals surface area contributed by atoms with E-state index in [0.717, 1.165) is 22.9 Å². The van der Waals surface area contributed by atoms with Crippen LogP contribution in [0.1, 0.15) is 50.5 Å². The van der Waals surface area contributed by atoms with Crippen molar-refractivity contribution in [2.45, 2.75) is 33.2 Å². The van der Waals surface area contributed by atoms with Crippen molar-refractivity contribution in [3.63, 3.8) is 0 Å². The van der Waals surface area contributed by atoms with Crippen LogP contribution in [0, 0.1) is 19.8 Å². The van der Waals surface area contributed by atoms with Crippen LogP contribution in [0.15, 0.2) is 28.7 Å². The maximum Gasteiger partial charge on any atom is 0.339 e. The number of ether oxygens (including phenoxy) is 1. The maximum atomic E-state index is 13.1. The first kappa shape index (κ1) is 22.1. The number of halogens is 1. The van der Waals surface area contributed by atoms with Crippen molar-refractivity contribution in [1.82, 2.24) is 15.2 Å². The molecule has 3 rings (SSSR count). The number of esters is 1. The molecular weight excluding hydrogens is 450 g/mol. The van der Waals surface area contributed by atoms with Gasteiger partial charge in [-0.05, 0) is 49.9 Å². The second-order valence-electron chi connectivity index (χ2n) is 7.55. The summed E-state index contributed by atoms with van der Waals surface area (Å²) in [6.45, 7) is 4.85. The fourth-order valence-corrected chi connectivity index (χ4v) is 4.33. The molecule has 0 saturated carbocycles. The van der Waals surface area contributed by atoms with Crippen molar-refractivity contribution < 1.29 is 19.1 Å². The Labute approximate surface area is 184 Å². The van der Waals surface area contributed by atoms with Gasteiger partial charge in [0.2, 0.25) is 5.91 Å². The van der Waals surface area contributed by atoms with E-state index in [-0.39, 0.29) is 17.7 Å².